The zero-order chi connectivity index (χ0) is 13.3. The molecule has 0 aliphatic carbocycles. The van der Waals surface area contributed by atoms with E-state index in [1.165, 1.54) is 12.1 Å². The van der Waals surface area contributed by atoms with Gasteiger partial charge in [0.1, 0.15) is 5.82 Å². The summed E-state index contributed by atoms with van der Waals surface area (Å²) in [5.41, 5.74) is 6.55. The Kier molecular flexibility index (Phi) is 3.52. The molecule has 2 atom stereocenters. The highest BCUT2D eigenvalue weighted by Crippen LogP contribution is 2.19. The molecular formula is C13H17FN2O2. The number of hydrogen-bond donors (Lipinski definition) is 2. The number of ether oxygens (including phenoxy) is 1. The summed E-state index contributed by atoms with van der Waals surface area (Å²) in [4.78, 5) is 12.0. The fourth-order valence-corrected chi connectivity index (χ4v) is 2.00. The van der Waals surface area contributed by atoms with Crippen molar-refractivity contribution in [1.82, 2.24) is 5.32 Å². The van der Waals surface area contributed by atoms with Gasteiger partial charge < -0.3 is 15.8 Å². The van der Waals surface area contributed by atoms with E-state index in [2.05, 4.69) is 5.32 Å². The molecule has 1 aromatic rings. The van der Waals surface area contributed by atoms with Crippen LogP contribution in [0.5, 0.6) is 0 Å². The van der Waals surface area contributed by atoms with Crippen LogP contribution in [0.25, 0.3) is 0 Å². The number of halogens is 1. The number of rotatable bonds is 2. The van der Waals surface area contributed by atoms with E-state index in [0.29, 0.717) is 12.2 Å². The normalized spacial score (nSPS) is 23.1. The Labute approximate surface area is 105 Å². The van der Waals surface area contributed by atoms with Crippen LogP contribution >= 0.6 is 0 Å². The highest BCUT2D eigenvalue weighted by Gasteiger charge is 2.26. The van der Waals surface area contributed by atoms with Gasteiger partial charge in [0.15, 0.2) is 0 Å². The van der Waals surface area contributed by atoms with E-state index in [-0.39, 0.29) is 29.3 Å². The van der Waals surface area contributed by atoms with Gasteiger partial charge in [-0.3, -0.25) is 4.79 Å². The number of nitrogens with two attached hydrogens (primary N) is 1. The molecule has 1 aliphatic rings. The molecule has 1 fully saturated rings. The van der Waals surface area contributed by atoms with Gasteiger partial charge in [-0.15, -0.1) is 0 Å². The molecule has 0 bridgehead atoms. The molecule has 5 heteroatoms. The lowest BCUT2D eigenvalue weighted by molar-refractivity contribution is 0.0866. The number of nitrogens with one attached hydrogen (secondary N) is 1. The number of benzene rings is 1. The lowest BCUT2D eigenvalue weighted by Gasteiger charge is -2.16. The first kappa shape index (κ1) is 12.8. The van der Waals surface area contributed by atoms with Crippen molar-refractivity contribution in [3.05, 3.63) is 29.1 Å². The standard InChI is InChI=1S/C13H17FN2O2/c1-7-10(14)5-9(6-11(7)15)13(17)16-12-3-4-18-8(12)2/h5-6,8,12H,3-4,15H2,1-2H3,(H,16,17). The van der Waals surface area contributed by atoms with Crippen molar-refractivity contribution in [1.29, 1.82) is 0 Å². The summed E-state index contributed by atoms with van der Waals surface area (Å²) in [5.74, 6) is -0.779. The molecule has 2 rings (SSSR count). The summed E-state index contributed by atoms with van der Waals surface area (Å²) in [7, 11) is 0. The third-order valence-electron chi connectivity index (χ3n) is 3.34. The lowest BCUT2D eigenvalue weighted by atomic mass is 10.1. The van der Waals surface area contributed by atoms with Crippen molar-refractivity contribution in [3.8, 4) is 0 Å². The van der Waals surface area contributed by atoms with Crippen LogP contribution in [0.3, 0.4) is 0 Å². The fraction of sp³-hybridized carbons (Fsp3) is 0.462. The maximum absolute atomic E-state index is 13.5. The maximum atomic E-state index is 13.5. The van der Waals surface area contributed by atoms with E-state index in [1.54, 1.807) is 6.92 Å². The first-order valence-electron chi connectivity index (χ1n) is 5.97. The van der Waals surface area contributed by atoms with Crippen molar-refractivity contribution < 1.29 is 13.9 Å². The van der Waals surface area contributed by atoms with Gasteiger partial charge in [-0.25, -0.2) is 4.39 Å². The Morgan fingerprint density at radius 2 is 2.28 bits per heavy atom. The number of hydrogen-bond acceptors (Lipinski definition) is 3. The fourth-order valence-electron chi connectivity index (χ4n) is 2.00. The van der Waals surface area contributed by atoms with Crippen molar-refractivity contribution in [3.63, 3.8) is 0 Å². The molecule has 3 N–H and O–H groups in total. The average Bonchev–Trinajstić information content (AvgIpc) is 2.71. The second kappa shape index (κ2) is 4.94. The topological polar surface area (TPSA) is 64.4 Å². The van der Waals surface area contributed by atoms with Crippen molar-refractivity contribution in [2.24, 2.45) is 0 Å². The molecule has 1 aliphatic heterocycles. The smallest absolute Gasteiger partial charge is 0.251 e. The third-order valence-corrected chi connectivity index (χ3v) is 3.34. The third kappa shape index (κ3) is 2.46. The van der Waals surface area contributed by atoms with Crippen LogP contribution in [-0.4, -0.2) is 24.7 Å². The molecule has 0 aromatic heterocycles. The van der Waals surface area contributed by atoms with Gasteiger partial charge in [0.2, 0.25) is 0 Å². The minimum Gasteiger partial charge on any atom is -0.398 e. The van der Waals surface area contributed by atoms with Crippen LogP contribution < -0.4 is 11.1 Å². The van der Waals surface area contributed by atoms with E-state index < -0.39 is 5.82 Å². The SMILES string of the molecule is Cc1c(N)cc(C(=O)NC2CCOC2C)cc1F. The summed E-state index contributed by atoms with van der Waals surface area (Å²) in [6.07, 6.45) is 0.762. The lowest BCUT2D eigenvalue weighted by Crippen LogP contribution is -2.39. The number of amides is 1. The van der Waals surface area contributed by atoms with Gasteiger partial charge in [0.25, 0.3) is 5.91 Å². The van der Waals surface area contributed by atoms with E-state index in [9.17, 15) is 9.18 Å². The minimum absolute atomic E-state index is 0.0124. The second-order valence-electron chi connectivity index (χ2n) is 4.62. The van der Waals surface area contributed by atoms with Crippen LogP contribution in [0, 0.1) is 12.7 Å². The van der Waals surface area contributed by atoms with Gasteiger partial charge in [-0.2, -0.15) is 0 Å². The first-order chi connectivity index (χ1) is 8.49. The van der Waals surface area contributed by atoms with E-state index in [1.807, 2.05) is 6.92 Å². The molecule has 4 nitrogen and oxygen atoms in total. The van der Waals surface area contributed by atoms with Gasteiger partial charge in [-0.1, -0.05) is 0 Å². The van der Waals surface area contributed by atoms with Crippen LogP contribution in [-0.2, 0) is 4.74 Å². The quantitative estimate of drug-likeness (QED) is 0.786. The van der Waals surface area contributed by atoms with Crippen LogP contribution in [0.1, 0.15) is 29.3 Å². The predicted molar refractivity (Wildman–Crippen MR) is 66.8 cm³/mol. The zero-order valence-electron chi connectivity index (χ0n) is 10.5. The summed E-state index contributed by atoms with van der Waals surface area (Å²) in [6, 6.07) is 2.68. The molecular weight excluding hydrogens is 235 g/mol. The highest BCUT2D eigenvalue weighted by atomic mass is 19.1. The summed E-state index contributed by atoms with van der Waals surface area (Å²) in [6.45, 7) is 4.12. The number of anilines is 1. The van der Waals surface area contributed by atoms with Crippen molar-refractivity contribution in [2.75, 3.05) is 12.3 Å². The first-order valence-corrected chi connectivity index (χ1v) is 5.97. The Balaban J connectivity index is 2.14. The van der Waals surface area contributed by atoms with Gasteiger partial charge in [-0.05, 0) is 32.4 Å². The number of carbonyl (C=O) groups excluding carboxylic acids is 1. The molecule has 1 aromatic carbocycles. The molecule has 1 amide bonds. The molecule has 1 heterocycles. The number of carbonyl (C=O) groups is 1. The zero-order valence-corrected chi connectivity index (χ0v) is 10.5. The Morgan fingerprint density at radius 1 is 1.56 bits per heavy atom. The summed E-state index contributed by atoms with van der Waals surface area (Å²) < 4.78 is 18.9. The molecule has 1 saturated heterocycles. The van der Waals surface area contributed by atoms with E-state index in [4.69, 9.17) is 10.5 Å². The number of nitrogen functional groups attached to an aromatic ring is 1. The van der Waals surface area contributed by atoms with Gasteiger partial charge in [0.05, 0.1) is 12.1 Å². The Hall–Kier alpha value is -1.62. The van der Waals surface area contributed by atoms with Crippen LogP contribution in [0.4, 0.5) is 10.1 Å². The monoisotopic (exact) mass is 252 g/mol. The summed E-state index contributed by atoms with van der Waals surface area (Å²) >= 11 is 0. The molecule has 0 radical (unpaired) electrons. The van der Waals surface area contributed by atoms with Gasteiger partial charge in [0, 0.05) is 23.4 Å². The van der Waals surface area contributed by atoms with Crippen molar-refractivity contribution >= 4 is 11.6 Å². The summed E-state index contributed by atoms with van der Waals surface area (Å²) in [5, 5.41) is 2.83. The van der Waals surface area contributed by atoms with Crippen LogP contribution in [0.2, 0.25) is 0 Å². The Morgan fingerprint density at radius 3 is 2.83 bits per heavy atom. The Bertz CT molecular complexity index is 453. The predicted octanol–water partition coefficient (Wildman–Crippen LogP) is 1.62. The maximum Gasteiger partial charge on any atom is 0.251 e. The van der Waals surface area contributed by atoms with E-state index in [0.717, 1.165) is 6.42 Å². The second-order valence-corrected chi connectivity index (χ2v) is 4.62. The molecule has 98 valence electrons. The van der Waals surface area contributed by atoms with Crippen LogP contribution in [0.15, 0.2) is 12.1 Å². The molecule has 0 spiro atoms. The average molecular weight is 252 g/mol. The van der Waals surface area contributed by atoms with E-state index >= 15 is 0 Å². The largest absolute Gasteiger partial charge is 0.398 e. The molecule has 2 unspecified atom stereocenters. The molecule has 0 saturated carbocycles. The van der Waals surface area contributed by atoms with Crippen molar-refractivity contribution in [2.45, 2.75) is 32.4 Å². The highest BCUT2D eigenvalue weighted by molar-refractivity contribution is 5.95. The van der Waals surface area contributed by atoms with Gasteiger partial charge >= 0.3 is 0 Å². The molecule has 18 heavy (non-hydrogen) atoms. The minimum atomic E-state index is -0.462.